The molecule has 0 radical (unpaired) electrons. The lowest BCUT2D eigenvalue weighted by Gasteiger charge is -2.22. The van der Waals surface area contributed by atoms with Gasteiger partial charge in [0.1, 0.15) is 11.6 Å². The number of hydrogen-bond acceptors (Lipinski definition) is 7. The Hall–Kier alpha value is -2.20. The first-order valence-corrected chi connectivity index (χ1v) is 12.8. The van der Waals surface area contributed by atoms with Crippen molar-refractivity contribution in [3.8, 4) is 5.75 Å². The number of hydrogen-bond donors (Lipinski definition) is 0. The van der Waals surface area contributed by atoms with Crippen molar-refractivity contribution < 1.29 is 4.74 Å². The zero-order valence-electron chi connectivity index (χ0n) is 18.1. The molecule has 2 heterocycles. The number of thioether (sulfide) groups is 1. The molecule has 0 aliphatic heterocycles. The molecule has 2 aromatic carbocycles. The Balaban J connectivity index is 1.31. The van der Waals surface area contributed by atoms with E-state index >= 15 is 0 Å². The van der Waals surface area contributed by atoms with Gasteiger partial charge in [0.2, 0.25) is 0 Å². The van der Waals surface area contributed by atoms with Crippen molar-refractivity contribution >= 4 is 45.5 Å². The summed E-state index contributed by atoms with van der Waals surface area (Å²) in [6.45, 7) is 1.50. The highest BCUT2D eigenvalue weighted by Crippen LogP contribution is 2.32. The van der Waals surface area contributed by atoms with E-state index in [0.29, 0.717) is 12.7 Å². The summed E-state index contributed by atoms with van der Waals surface area (Å²) >= 11 is 9.16. The van der Waals surface area contributed by atoms with E-state index in [0.717, 1.165) is 38.5 Å². The molecule has 1 saturated carbocycles. The van der Waals surface area contributed by atoms with Crippen molar-refractivity contribution in [1.29, 1.82) is 0 Å². The number of thiazole rings is 1. The predicted molar refractivity (Wildman–Crippen MR) is 133 cm³/mol. The quantitative estimate of drug-likeness (QED) is 0.232. The second-order valence-electron chi connectivity index (χ2n) is 7.92. The summed E-state index contributed by atoms with van der Waals surface area (Å²) in [4.78, 5) is 7.17. The molecular formula is C23H25N5OS3. The van der Waals surface area contributed by atoms with E-state index in [2.05, 4.69) is 35.2 Å². The first-order valence-electron chi connectivity index (χ1n) is 10.6. The van der Waals surface area contributed by atoms with E-state index < -0.39 is 0 Å². The molecule has 0 amide bonds. The number of rotatable bonds is 9. The average Bonchev–Trinajstić information content (AvgIpc) is 3.52. The maximum atomic E-state index is 5.73. The summed E-state index contributed by atoms with van der Waals surface area (Å²) in [7, 11) is 3.73. The Kier molecular flexibility index (Phi) is 6.32. The summed E-state index contributed by atoms with van der Waals surface area (Å²) in [5.74, 6) is 2.63. The fourth-order valence-corrected chi connectivity index (χ4v) is 6.00. The van der Waals surface area contributed by atoms with Crippen LogP contribution in [0.5, 0.6) is 5.75 Å². The van der Waals surface area contributed by atoms with Crippen molar-refractivity contribution in [2.24, 2.45) is 7.05 Å². The molecule has 1 fully saturated rings. The van der Waals surface area contributed by atoms with Crippen LogP contribution in [0.3, 0.4) is 0 Å². The van der Waals surface area contributed by atoms with Gasteiger partial charge in [0.25, 0.3) is 0 Å². The number of fused-ring (bicyclic) bond motifs is 1. The summed E-state index contributed by atoms with van der Waals surface area (Å²) in [6.07, 6.45) is 2.44. The van der Waals surface area contributed by atoms with Crippen molar-refractivity contribution in [3.05, 3.63) is 64.7 Å². The fraction of sp³-hybridized carbons (Fsp3) is 0.348. The standard InChI is InChI=1S/C23H25N5OS3/c1-26-21(14-31-22-24-18-8-4-6-10-20(18)32-22)25-28(23(26)30)15-27(17-11-12-17)13-16-7-3-5-9-19(16)29-2/h3-10,17H,11-15H2,1-2H3. The minimum absolute atomic E-state index is 0.574. The Morgan fingerprint density at radius 1 is 1.19 bits per heavy atom. The number of nitrogens with zero attached hydrogens (tertiary/aromatic N) is 5. The second kappa shape index (κ2) is 9.35. The minimum Gasteiger partial charge on any atom is -0.496 e. The van der Waals surface area contributed by atoms with Gasteiger partial charge in [0, 0.05) is 25.2 Å². The molecule has 0 N–H and O–H groups in total. The first-order chi connectivity index (χ1) is 15.6. The van der Waals surface area contributed by atoms with E-state index in [4.69, 9.17) is 27.0 Å². The summed E-state index contributed by atoms with van der Waals surface area (Å²) in [5, 5.41) is 4.87. The van der Waals surface area contributed by atoms with E-state index in [1.54, 1.807) is 30.2 Å². The summed E-state index contributed by atoms with van der Waals surface area (Å²) in [5.41, 5.74) is 2.24. The minimum atomic E-state index is 0.574. The monoisotopic (exact) mass is 483 g/mol. The van der Waals surface area contributed by atoms with Crippen LogP contribution in [0.4, 0.5) is 0 Å². The average molecular weight is 484 g/mol. The highest BCUT2D eigenvalue weighted by molar-refractivity contribution is 8.00. The molecule has 32 heavy (non-hydrogen) atoms. The molecule has 0 spiro atoms. The molecule has 1 aliphatic carbocycles. The zero-order chi connectivity index (χ0) is 22.1. The lowest BCUT2D eigenvalue weighted by Crippen LogP contribution is -2.29. The highest BCUT2D eigenvalue weighted by Gasteiger charge is 2.30. The number of methoxy groups -OCH3 is 1. The smallest absolute Gasteiger partial charge is 0.198 e. The van der Waals surface area contributed by atoms with Gasteiger partial charge >= 0.3 is 0 Å². The topological polar surface area (TPSA) is 48.1 Å². The molecule has 1 aliphatic rings. The normalized spacial score (nSPS) is 13.8. The van der Waals surface area contributed by atoms with E-state index in [1.807, 2.05) is 34.5 Å². The van der Waals surface area contributed by atoms with Crippen molar-refractivity contribution in [3.63, 3.8) is 0 Å². The van der Waals surface area contributed by atoms with Crippen molar-refractivity contribution in [2.75, 3.05) is 7.11 Å². The van der Waals surface area contributed by atoms with Crippen molar-refractivity contribution in [1.82, 2.24) is 24.2 Å². The van der Waals surface area contributed by atoms with Crippen LogP contribution in [0.2, 0.25) is 0 Å². The molecule has 6 nitrogen and oxygen atoms in total. The van der Waals surface area contributed by atoms with Gasteiger partial charge < -0.3 is 9.30 Å². The van der Waals surface area contributed by atoms with Crippen LogP contribution in [0.15, 0.2) is 52.9 Å². The Morgan fingerprint density at radius 2 is 1.97 bits per heavy atom. The molecule has 4 aromatic rings. The second-order valence-corrected chi connectivity index (χ2v) is 10.5. The maximum absolute atomic E-state index is 5.73. The molecule has 9 heteroatoms. The Morgan fingerprint density at radius 3 is 2.75 bits per heavy atom. The third kappa shape index (κ3) is 4.61. The molecule has 166 valence electrons. The molecule has 5 rings (SSSR count). The molecule has 0 saturated heterocycles. The zero-order valence-corrected chi connectivity index (χ0v) is 20.6. The maximum Gasteiger partial charge on any atom is 0.198 e. The number of aromatic nitrogens is 4. The summed E-state index contributed by atoms with van der Waals surface area (Å²) in [6, 6.07) is 17.0. The van der Waals surface area contributed by atoms with Crippen LogP contribution in [0.1, 0.15) is 24.2 Å². The van der Waals surface area contributed by atoms with Gasteiger partial charge in [0.05, 0.1) is 29.7 Å². The largest absolute Gasteiger partial charge is 0.496 e. The number of ether oxygens (including phenoxy) is 1. The Bertz CT molecular complexity index is 1260. The van der Waals surface area contributed by atoms with E-state index in [1.165, 1.54) is 23.1 Å². The van der Waals surface area contributed by atoms with Crippen LogP contribution >= 0.6 is 35.3 Å². The van der Waals surface area contributed by atoms with Gasteiger partial charge in [-0.25, -0.2) is 9.67 Å². The van der Waals surface area contributed by atoms with Gasteiger partial charge in [-0.15, -0.1) is 11.3 Å². The molecule has 0 bridgehead atoms. The van der Waals surface area contributed by atoms with Crippen LogP contribution in [-0.2, 0) is 26.0 Å². The van der Waals surface area contributed by atoms with Crippen molar-refractivity contribution in [2.45, 2.75) is 42.2 Å². The SMILES string of the molecule is COc1ccccc1CN(Cn1nc(CSc2nc3ccccc3s2)n(C)c1=S)C1CC1. The first kappa shape index (κ1) is 21.6. The van der Waals surface area contributed by atoms with Crippen LogP contribution < -0.4 is 4.74 Å². The highest BCUT2D eigenvalue weighted by atomic mass is 32.2. The molecular weight excluding hydrogens is 458 g/mol. The fourth-order valence-electron chi connectivity index (χ4n) is 3.75. The number of benzene rings is 2. The van der Waals surface area contributed by atoms with E-state index in [-0.39, 0.29) is 0 Å². The van der Waals surface area contributed by atoms with Gasteiger partial charge in [-0.2, -0.15) is 5.10 Å². The molecule has 2 aromatic heterocycles. The van der Waals surface area contributed by atoms with Gasteiger partial charge in [-0.05, 0) is 43.3 Å². The molecule has 0 atom stereocenters. The summed E-state index contributed by atoms with van der Waals surface area (Å²) < 4.78 is 12.5. The third-order valence-corrected chi connectivity index (χ3v) is 8.33. The lowest BCUT2D eigenvalue weighted by molar-refractivity contribution is 0.184. The third-order valence-electron chi connectivity index (χ3n) is 5.67. The Labute approximate surface area is 200 Å². The predicted octanol–water partition coefficient (Wildman–Crippen LogP) is 5.48. The number of para-hydroxylation sites is 2. The van der Waals surface area contributed by atoms with Crippen LogP contribution in [-0.4, -0.2) is 37.4 Å². The van der Waals surface area contributed by atoms with Gasteiger partial charge in [0.15, 0.2) is 9.11 Å². The van der Waals surface area contributed by atoms with Crippen LogP contribution in [0, 0.1) is 4.77 Å². The molecule has 0 unspecified atom stereocenters. The lowest BCUT2D eigenvalue weighted by atomic mass is 10.2. The van der Waals surface area contributed by atoms with Gasteiger partial charge in [-0.3, -0.25) is 4.90 Å². The van der Waals surface area contributed by atoms with E-state index in [9.17, 15) is 0 Å². The van der Waals surface area contributed by atoms with Gasteiger partial charge in [-0.1, -0.05) is 42.1 Å². The van der Waals surface area contributed by atoms with Crippen LogP contribution in [0.25, 0.3) is 10.2 Å².